The highest BCUT2D eigenvalue weighted by Gasteiger charge is 2.21. The lowest BCUT2D eigenvalue weighted by molar-refractivity contribution is -0.139. The SMILES string of the molecule is C=C(C)C(=O)OCCOC(=O)NCCC(C)(C)CC(C)CNC. The van der Waals surface area contributed by atoms with E-state index in [-0.39, 0.29) is 18.6 Å². The second-order valence-electron chi connectivity index (χ2n) is 6.76. The van der Waals surface area contributed by atoms with Crippen LogP contribution in [-0.2, 0) is 14.3 Å². The molecule has 0 bridgehead atoms. The first kappa shape index (κ1) is 21.4. The van der Waals surface area contributed by atoms with Crippen LogP contribution < -0.4 is 10.6 Å². The highest BCUT2D eigenvalue weighted by Crippen LogP contribution is 2.28. The summed E-state index contributed by atoms with van der Waals surface area (Å²) in [5, 5.41) is 5.90. The zero-order valence-electron chi connectivity index (χ0n) is 15.2. The Morgan fingerprint density at radius 2 is 1.83 bits per heavy atom. The fourth-order valence-electron chi connectivity index (χ4n) is 2.41. The van der Waals surface area contributed by atoms with Gasteiger partial charge in [-0.3, -0.25) is 0 Å². The number of esters is 1. The third kappa shape index (κ3) is 11.6. The molecule has 0 heterocycles. The lowest BCUT2D eigenvalue weighted by Gasteiger charge is -2.28. The van der Waals surface area contributed by atoms with Gasteiger partial charge in [0.25, 0.3) is 0 Å². The minimum Gasteiger partial charge on any atom is -0.459 e. The molecule has 6 heteroatoms. The van der Waals surface area contributed by atoms with Crippen LogP contribution in [0, 0.1) is 11.3 Å². The van der Waals surface area contributed by atoms with Crippen LogP contribution in [0.1, 0.15) is 40.5 Å². The van der Waals surface area contributed by atoms with E-state index in [1.807, 2.05) is 7.05 Å². The molecule has 134 valence electrons. The Balaban J connectivity index is 3.80. The van der Waals surface area contributed by atoms with Gasteiger partial charge in [0.05, 0.1) is 0 Å². The third-order valence-corrected chi connectivity index (χ3v) is 3.42. The molecule has 0 aromatic carbocycles. The van der Waals surface area contributed by atoms with Gasteiger partial charge in [0.1, 0.15) is 13.2 Å². The molecule has 0 rings (SSSR count). The number of amides is 1. The number of carbonyl (C=O) groups is 2. The van der Waals surface area contributed by atoms with Gasteiger partial charge in [0.15, 0.2) is 0 Å². The van der Waals surface area contributed by atoms with Gasteiger partial charge >= 0.3 is 12.1 Å². The largest absolute Gasteiger partial charge is 0.459 e. The summed E-state index contributed by atoms with van der Waals surface area (Å²) in [6.07, 6.45) is 1.47. The van der Waals surface area contributed by atoms with E-state index < -0.39 is 12.1 Å². The van der Waals surface area contributed by atoms with Gasteiger partial charge in [-0.2, -0.15) is 0 Å². The van der Waals surface area contributed by atoms with Gasteiger partial charge in [0, 0.05) is 12.1 Å². The molecule has 1 unspecified atom stereocenters. The maximum Gasteiger partial charge on any atom is 0.407 e. The molecule has 0 spiro atoms. The van der Waals surface area contributed by atoms with Crippen molar-refractivity contribution in [1.29, 1.82) is 0 Å². The third-order valence-electron chi connectivity index (χ3n) is 3.42. The smallest absolute Gasteiger partial charge is 0.407 e. The van der Waals surface area contributed by atoms with Crippen LogP contribution in [0.4, 0.5) is 4.79 Å². The molecule has 0 aromatic rings. The van der Waals surface area contributed by atoms with E-state index in [2.05, 4.69) is 38.0 Å². The molecule has 0 aromatic heterocycles. The topological polar surface area (TPSA) is 76.7 Å². The summed E-state index contributed by atoms with van der Waals surface area (Å²) in [5.74, 6) is 0.108. The lowest BCUT2D eigenvalue weighted by Crippen LogP contribution is -2.31. The van der Waals surface area contributed by atoms with Crippen molar-refractivity contribution in [3.8, 4) is 0 Å². The second-order valence-corrected chi connectivity index (χ2v) is 6.76. The van der Waals surface area contributed by atoms with Crippen molar-refractivity contribution in [1.82, 2.24) is 10.6 Å². The molecule has 2 N–H and O–H groups in total. The van der Waals surface area contributed by atoms with E-state index >= 15 is 0 Å². The molecule has 0 aliphatic rings. The number of hydrogen-bond donors (Lipinski definition) is 2. The second kappa shape index (κ2) is 11.0. The normalized spacial score (nSPS) is 12.4. The standard InChI is InChI=1S/C17H32N2O4/c1-13(2)15(20)22-9-10-23-16(21)19-8-7-17(4,5)11-14(3)12-18-6/h14,18H,1,7-12H2,2-6H3,(H,19,21). The molecule has 0 radical (unpaired) electrons. The summed E-state index contributed by atoms with van der Waals surface area (Å²) in [7, 11) is 1.95. The molecule has 0 saturated carbocycles. The number of ether oxygens (including phenoxy) is 2. The van der Waals surface area contributed by atoms with Gasteiger partial charge in [-0.15, -0.1) is 0 Å². The van der Waals surface area contributed by atoms with E-state index in [1.54, 1.807) is 6.92 Å². The van der Waals surface area contributed by atoms with Crippen LogP contribution in [0.3, 0.4) is 0 Å². The van der Waals surface area contributed by atoms with E-state index in [0.717, 1.165) is 19.4 Å². The Morgan fingerprint density at radius 1 is 1.22 bits per heavy atom. The van der Waals surface area contributed by atoms with Crippen molar-refractivity contribution in [2.75, 3.05) is 33.4 Å². The first-order valence-corrected chi connectivity index (χ1v) is 8.06. The molecule has 23 heavy (non-hydrogen) atoms. The van der Waals surface area contributed by atoms with Crippen LogP contribution in [-0.4, -0.2) is 45.4 Å². The predicted octanol–water partition coefficient (Wildman–Crippen LogP) is 2.49. The maximum atomic E-state index is 11.5. The number of nitrogens with one attached hydrogen (secondary N) is 2. The van der Waals surface area contributed by atoms with E-state index in [9.17, 15) is 9.59 Å². The highest BCUT2D eigenvalue weighted by atomic mass is 16.6. The Hall–Kier alpha value is -1.56. The van der Waals surface area contributed by atoms with Crippen LogP contribution in [0.25, 0.3) is 0 Å². The molecule has 0 fully saturated rings. The van der Waals surface area contributed by atoms with Crippen molar-refractivity contribution in [2.45, 2.75) is 40.5 Å². The van der Waals surface area contributed by atoms with Gasteiger partial charge in [-0.25, -0.2) is 9.59 Å². The quantitative estimate of drug-likeness (QED) is 0.346. The molecule has 1 atom stereocenters. The Bertz CT molecular complexity index is 394. The monoisotopic (exact) mass is 328 g/mol. The van der Waals surface area contributed by atoms with Crippen molar-refractivity contribution >= 4 is 12.1 Å². The van der Waals surface area contributed by atoms with Gasteiger partial charge in [-0.05, 0) is 44.7 Å². The molecule has 0 aliphatic heterocycles. The highest BCUT2D eigenvalue weighted by molar-refractivity contribution is 5.86. The van der Waals surface area contributed by atoms with Crippen molar-refractivity contribution < 1.29 is 19.1 Å². The van der Waals surface area contributed by atoms with Crippen molar-refractivity contribution in [2.24, 2.45) is 11.3 Å². The fraction of sp³-hybridized carbons (Fsp3) is 0.765. The zero-order chi connectivity index (χ0) is 17.9. The molecular weight excluding hydrogens is 296 g/mol. The summed E-state index contributed by atoms with van der Waals surface area (Å²) in [6.45, 7) is 13.3. The Kier molecular flexibility index (Phi) is 10.3. The van der Waals surface area contributed by atoms with Crippen LogP contribution in [0.2, 0.25) is 0 Å². The first-order valence-electron chi connectivity index (χ1n) is 8.06. The van der Waals surface area contributed by atoms with Crippen molar-refractivity contribution in [3.05, 3.63) is 12.2 Å². The fourth-order valence-corrected chi connectivity index (χ4v) is 2.41. The lowest BCUT2D eigenvalue weighted by atomic mass is 9.80. The molecule has 0 saturated heterocycles. The van der Waals surface area contributed by atoms with E-state index in [4.69, 9.17) is 9.47 Å². The Morgan fingerprint density at radius 3 is 2.39 bits per heavy atom. The summed E-state index contributed by atoms with van der Waals surface area (Å²) in [5.41, 5.74) is 0.477. The summed E-state index contributed by atoms with van der Waals surface area (Å²) >= 11 is 0. The van der Waals surface area contributed by atoms with Gasteiger partial charge in [-0.1, -0.05) is 27.4 Å². The minimum absolute atomic E-state index is 0.0339. The molecule has 1 amide bonds. The van der Waals surface area contributed by atoms with Gasteiger partial charge < -0.3 is 20.1 Å². The summed E-state index contributed by atoms with van der Waals surface area (Å²) in [6, 6.07) is 0. The van der Waals surface area contributed by atoms with E-state index in [0.29, 0.717) is 18.0 Å². The summed E-state index contributed by atoms with van der Waals surface area (Å²) < 4.78 is 9.77. The van der Waals surface area contributed by atoms with Crippen LogP contribution in [0.15, 0.2) is 12.2 Å². The molecular formula is C17H32N2O4. The van der Waals surface area contributed by atoms with Crippen LogP contribution >= 0.6 is 0 Å². The average Bonchev–Trinajstić information content (AvgIpc) is 2.42. The maximum absolute atomic E-state index is 11.5. The Labute approximate surface area is 140 Å². The number of carbonyl (C=O) groups excluding carboxylic acids is 2. The molecule has 6 nitrogen and oxygen atoms in total. The van der Waals surface area contributed by atoms with Crippen molar-refractivity contribution in [3.63, 3.8) is 0 Å². The van der Waals surface area contributed by atoms with Gasteiger partial charge in [0.2, 0.25) is 0 Å². The molecule has 0 aliphatic carbocycles. The number of rotatable bonds is 11. The minimum atomic E-state index is -0.490. The average molecular weight is 328 g/mol. The number of alkyl carbamates (subject to hydrolysis) is 1. The first-order chi connectivity index (χ1) is 10.7. The van der Waals surface area contributed by atoms with Crippen LogP contribution in [0.5, 0.6) is 0 Å². The number of hydrogen-bond acceptors (Lipinski definition) is 5. The zero-order valence-corrected chi connectivity index (χ0v) is 15.2. The summed E-state index contributed by atoms with van der Waals surface area (Å²) in [4.78, 5) is 22.7. The van der Waals surface area contributed by atoms with E-state index in [1.165, 1.54) is 0 Å². The predicted molar refractivity (Wildman–Crippen MR) is 91.2 cm³/mol.